The van der Waals surface area contributed by atoms with Gasteiger partial charge in [0.15, 0.2) is 5.82 Å². The van der Waals surface area contributed by atoms with Gasteiger partial charge in [0.25, 0.3) is 0 Å². The van der Waals surface area contributed by atoms with Gasteiger partial charge in [-0.25, -0.2) is 9.97 Å². The van der Waals surface area contributed by atoms with E-state index in [9.17, 15) is 0 Å². The normalized spacial score (nSPS) is 10.4. The number of hydrogen-bond donors (Lipinski definition) is 1. The molecule has 4 nitrogen and oxygen atoms in total. The van der Waals surface area contributed by atoms with Crippen LogP contribution in [0.15, 0.2) is 24.4 Å². The zero-order chi connectivity index (χ0) is 13.0. The Morgan fingerprint density at radius 3 is 2.61 bits per heavy atom. The minimum Gasteiger partial charge on any atom is -0.370 e. The van der Waals surface area contributed by atoms with E-state index in [-0.39, 0.29) is 0 Å². The number of aryl methyl sites for hydroxylation is 1. The SMILES string of the molecule is CCNc1nc(-c2ccccn2)nc(C)c1CC. The van der Waals surface area contributed by atoms with Crippen molar-refractivity contribution in [2.24, 2.45) is 0 Å². The van der Waals surface area contributed by atoms with Crippen molar-refractivity contribution in [3.8, 4) is 11.5 Å². The Labute approximate surface area is 108 Å². The van der Waals surface area contributed by atoms with Crippen LogP contribution < -0.4 is 5.32 Å². The standard InChI is InChI=1S/C14H18N4/c1-4-11-10(3)17-14(18-13(11)15-5-2)12-8-6-7-9-16-12/h6-9H,4-5H2,1-3H3,(H,15,17,18). The van der Waals surface area contributed by atoms with Crippen molar-refractivity contribution in [1.29, 1.82) is 0 Å². The van der Waals surface area contributed by atoms with E-state index in [1.165, 1.54) is 5.56 Å². The van der Waals surface area contributed by atoms with E-state index in [1.807, 2.05) is 25.1 Å². The molecule has 0 saturated carbocycles. The molecular weight excluding hydrogens is 224 g/mol. The quantitative estimate of drug-likeness (QED) is 0.895. The fourth-order valence-electron chi connectivity index (χ4n) is 1.94. The van der Waals surface area contributed by atoms with Crippen LogP contribution in [0.1, 0.15) is 25.1 Å². The van der Waals surface area contributed by atoms with E-state index in [0.717, 1.165) is 30.2 Å². The monoisotopic (exact) mass is 242 g/mol. The van der Waals surface area contributed by atoms with Crippen LogP contribution in [-0.4, -0.2) is 21.5 Å². The summed E-state index contributed by atoms with van der Waals surface area (Å²) in [5.74, 6) is 1.61. The predicted molar refractivity (Wildman–Crippen MR) is 73.5 cm³/mol. The summed E-state index contributed by atoms with van der Waals surface area (Å²) < 4.78 is 0. The number of nitrogens with one attached hydrogen (secondary N) is 1. The molecule has 0 bridgehead atoms. The topological polar surface area (TPSA) is 50.7 Å². The molecular formula is C14H18N4. The maximum absolute atomic E-state index is 4.58. The van der Waals surface area contributed by atoms with Crippen molar-refractivity contribution in [3.63, 3.8) is 0 Å². The summed E-state index contributed by atoms with van der Waals surface area (Å²) in [6.45, 7) is 7.06. The van der Waals surface area contributed by atoms with Crippen LogP contribution in [0, 0.1) is 6.92 Å². The number of rotatable bonds is 4. The molecule has 0 aliphatic heterocycles. The van der Waals surface area contributed by atoms with E-state index in [2.05, 4.69) is 34.1 Å². The zero-order valence-electron chi connectivity index (χ0n) is 11.1. The summed E-state index contributed by atoms with van der Waals surface area (Å²) in [5, 5.41) is 3.30. The molecule has 0 aromatic carbocycles. The van der Waals surface area contributed by atoms with Crippen molar-refractivity contribution in [2.75, 3.05) is 11.9 Å². The molecule has 2 rings (SSSR count). The molecule has 0 saturated heterocycles. The predicted octanol–water partition coefficient (Wildman–Crippen LogP) is 2.84. The second-order valence-corrected chi connectivity index (χ2v) is 4.06. The van der Waals surface area contributed by atoms with Crippen LogP contribution in [0.4, 0.5) is 5.82 Å². The van der Waals surface area contributed by atoms with Gasteiger partial charge in [-0.05, 0) is 32.4 Å². The van der Waals surface area contributed by atoms with Crippen LogP contribution in [0.2, 0.25) is 0 Å². The maximum Gasteiger partial charge on any atom is 0.180 e. The Hall–Kier alpha value is -1.97. The lowest BCUT2D eigenvalue weighted by Gasteiger charge is -2.12. The van der Waals surface area contributed by atoms with Gasteiger partial charge < -0.3 is 5.32 Å². The number of hydrogen-bond acceptors (Lipinski definition) is 4. The first kappa shape index (κ1) is 12.5. The Bertz CT molecular complexity index is 523. The molecule has 2 aromatic rings. The van der Waals surface area contributed by atoms with Gasteiger partial charge in [0.2, 0.25) is 0 Å². The molecule has 2 heterocycles. The molecule has 2 aromatic heterocycles. The first-order chi connectivity index (χ1) is 8.76. The second kappa shape index (κ2) is 5.58. The molecule has 18 heavy (non-hydrogen) atoms. The van der Waals surface area contributed by atoms with Crippen molar-refractivity contribution in [3.05, 3.63) is 35.7 Å². The molecule has 0 atom stereocenters. The third-order valence-electron chi connectivity index (χ3n) is 2.81. The van der Waals surface area contributed by atoms with Crippen molar-refractivity contribution in [2.45, 2.75) is 27.2 Å². The maximum atomic E-state index is 4.58. The van der Waals surface area contributed by atoms with Crippen LogP contribution >= 0.6 is 0 Å². The molecule has 0 aliphatic rings. The third kappa shape index (κ3) is 2.47. The number of pyridine rings is 1. The average Bonchev–Trinajstić information content (AvgIpc) is 2.40. The van der Waals surface area contributed by atoms with Gasteiger partial charge in [0.05, 0.1) is 0 Å². The Kier molecular flexibility index (Phi) is 3.87. The molecule has 94 valence electrons. The molecule has 0 spiro atoms. The average molecular weight is 242 g/mol. The Morgan fingerprint density at radius 2 is 2.00 bits per heavy atom. The molecule has 0 unspecified atom stereocenters. The van der Waals surface area contributed by atoms with Crippen LogP contribution in [0.25, 0.3) is 11.5 Å². The summed E-state index contributed by atoms with van der Waals surface area (Å²) in [6, 6.07) is 5.76. The highest BCUT2D eigenvalue weighted by Crippen LogP contribution is 2.21. The van der Waals surface area contributed by atoms with Crippen molar-refractivity contribution in [1.82, 2.24) is 15.0 Å². The van der Waals surface area contributed by atoms with Gasteiger partial charge in [0.1, 0.15) is 11.5 Å². The second-order valence-electron chi connectivity index (χ2n) is 4.06. The van der Waals surface area contributed by atoms with E-state index in [4.69, 9.17) is 0 Å². The van der Waals surface area contributed by atoms with Crippen LogP contribution in [0.5, 0.6) is 0 Å². The molecule has 4 heteroatoms. The highest BCUT2D eigenvalue weighted by molar-refractivity contribution is 5.56. The number of nitrogens with zero attached hydrogens (tertiary/aromatic N) is 3. The number of anilines is 1. The first-order valence-corrected chi connectivity index (χ1v) is 6.29. The molecule has 1 N–H and O–H groups in total. The third-order valence-corrected chi connectivity index (χ3v) is 2.81. The molecule has 0 amide bonds. The fourth-order valence-corrected chi connectivity index (χ4v) is 1.94. The largest absolute Gasteiger partial charge is 0.370 e. The summed E-state index contributed by atoms with van der Waals surface area (Å²) in [5.41, 5.74) is 3.00. The lowest BCUT2D eigenvalue weighted by molar-refractivity contribution is 0.983. The lowest BCUT2D eigenvalue weighted by atomic mass is 10.1. The fraction of sp³-hybridized carbons (Fsp3) is 0.357. The van der Waals surface area contributed by atoms with E-state index in [1.54, 1.807) is 6.20 Å². The Balaban J connectivity index is 2.51. The highest BCUT2D eigenvalue weighted by Gasteiger charge is 2.11. The Morgan fingerprint density at radius 1 is 1.17 bits per heavy atom. The summed E-state index contributed by atoms with van der Waals surface area (Å²) in [7, 11) is 0. The van der Waals surface area contributed by atoms with E-state index in [0.29, 0.717) is 5.82 Å². The van der Waals surface area contributed by atoms with Gasteiger partial charge in [-0.2, -0.15) is 0 Å². The molecule has 0 aliphatic carbocycles. The molecule has 0 fully saturated rings. The summed E-state index contributed by atoms with van der Waals surface area (Å²) >= 11 is 0. The highest BCUT2D eigenvalue weighted by atomic mass is 15.0. The van der Waals surface area contributed by atoms with Crippen molar-refractivity contribution >= 4 is 5.82 Å². The summed E-state index contributed by atoms with van der Waals surface area (Å²) in [4.78, 5) is 13.4. The summed E-state index contributed by atoms with van der Waals surface area (Å²) in [6.07, 6.45) is 2.69. The van der Waals surface area contributed by atoms with E-state index >= 15 is 0 Å². The smallest absolute Gasteiger partial charge is 0.180 e. The number of aromatic nitrogens is 3. The van der Waals surface area contributed by atoms with E-state index < -0.39 is 0 Å². The van der Waals surface area contributed by atoms with Gasteiger partial charge >= 0.3 is 0 Å². The minimum absolute atomic E-state index is 0.682. The van der Waals surface area contributed by atoms with Gasteiger partial charge in [-0.1, -0.05) is 13.0 Å². The van der Waals surface area contributed by atoms with Crippen molar-refractivity contribution < 1.29 is 0 Å². The van der Waals surface area contributed by atoms with Gasteiger partial charge in [-0.3, -0.25) is 4.98 Å². The van der Waals surface area contributed by atoms with Crippen LogP contribution in [-0.2, 0) is 6.42 Å². The minimum atomic E-state index is 0.682. The first-order valence-electron chi connectivity index (χ1n) is 6.29. The van der Waals surface area contributed by atoms with Gasteiger partial charge in [-0.15, -0.1) is 0 Å². The molecule has 0 radical (unpaired) electrons. The van der Waals surface area contributed by atoms with Crippen LogP contribution in [0.3, 0.4) is 0 Å². The lowest BCUT2D eigenvalue weighted by Crippen LogP contribution is -2.08. The zero-order valence-corrected chi connectivity index (χ0v) is 11.1. The van der Waals surface area contributed by atoms with Gasteiger partial charge in [0, 0.05) is 24.0 Å².